The van der Waals surface area contributed by atoms with Gasteiger partial charge in [0.15, 0.2) is 0 Å². The van der Waals surface area contributed by atoms with Crippen molar-refractivity contribution in [3.05, 3.63) is 0 Å². The predicted octanol–water partition coefficient (Wildman–Crippen LogP) is 13.8. The van der Waals surface area contributed by atoms with E-state index in [4.69, 9.17) is 28.4 Å². The molecule has 0 atom stereocenters. The van der Waals surface area contributed by atoms with Gasteiger partial charge in [-0.15, -0.1) is 0 Å². The first-order valence-corrected chi connectivity index (χ1v) is 26.5. The van der Waals surface area contributed by atoms with Gasteiger partial charge in [-0.3, -0.25) is 9.59 Å². The first kappa shape index (κ1) is 59.7. The number of nitrogens with zero attached hydrogens (tertiary/aromatic N) is 1. The number of carbonyl (C=O) groups is 2. The van der Waals surface area contributed by atoms with Crippen LogP contribution >= 0.6 is 0 Å². The smallest absolute Gasteiger partial charge is 0.306 e. The standard InChI is InChI=1S/C52H103NO8/c1-5-9-12-15-18-19-20-26-34-42-60-51(54)37-31-27-33-40-53(41-43-57-46-47-59-49-48-58-45-44-56-8-4)39-32-25-21-24-30-38-52(55)61-50(35-28-22-16-13-10-6-2)36-29-23-17-14-11-7-3/h50H,5-49H2,1-4H3. The third kappa shape index (κ3) is 48.0. The summed E-state index contributed by atoms with van der Waals surface area (Å²) < 4.78 is 34.0. The van der Waals surface area contributed by atoms with Gasteiger partial charge in [-0.2, -0.15) is 0 Å². The summed E-state index contributed by atoms with van der Waals surface area (Å²) in [6, 6.07) is 0. The molecule has 0 rings (SSSR count). The van der Waals surface area contributed by atoms with Gasteiger partial charge in [0.2, 0.25) is 0 Å². The van der Waals surface area contributed by atoms with Crippen LogP contribution in [0.25, 0.3) is 0 Å². The maximum Gasteiger partial charge on any atom is 0.306 e. The number of carbonyl (C=O) groups excluding carboxylic acids is 2. The third-order valence-corrected chi connectivity index (χ3v) is 11.7. The molecule has 0 bridgehead atoms. The second-order valence-electron chi connectivity index (χ2n) is 17.5. The molecule has 9 heteroatoms. The molecule has 0 aliphatic heterocycles. The molecule has 0 amide bonds. The molecule has 0 saturated heterocycles. The molecule has 0 aliphatic carbocycles. The van der Waals surface area contributed by atoms with Gasteiger partial charge in [0.05, 0.1) is 52.9 Å². The van der Waals surface area contributed by atoms with Gasteiger partial charge in [0.1, 0.15) is 6.10 Å². The highest BCUT2D eigenvalue weighted by Gasteiger charge is 2.14. The van der Waals surface area contributed by atoms with E-state index in [0.717, 1.165) is 96.7 Å². The Morgan fingerprint density at radius 2 is 0.738 bits per heavy atom. The highest BCUT2D eigenvalue weighted by molar-refractivity contribution is 5.69. The van der Waals surface area contributed by atoms with Crippen molar-refractivity contribution in [3.63, 3.8) is 0 Å². The summed E-state index contributed by atoms with van der Waals surface area (Å²) in [5.74, 6) is -0.0324. The molecule has 0 radical (unpaired) electrons. The fraction of sp³-hybridized carbons (Fsp3) is 0.962. The highest BCUT2D eigenvalue weighted by Crippen LogP contribution is 2.19. The Balaban J connectivity index is 4.44. The molecule has 0 fully saturated rings. The number of unbranched alkanes of at least 4 members (excludes halogenated alkanes) is 24. The van der Waals surface area contributed by atoms with Gasteiger partial charge in [-0.1, -0.05) is 162 Å². The molecule has 0 aromatic heterocycles. The van der Waals surface area contributed by atoms with Crippen molar-refractivity contribution in [3.8, 4) is 0 Å². The third-order valence-electron chi connectivity index (χ3n) is 11.7. The largest absolute Gasteiger partial charge is 0.466 e. The Kier molecular flexibility index (Phi) is 50.3. The van der Waals surface area contributed by atoms with E-state index in [1.807, 2.05) is 6.92 Å². The van der Waals surface area contributed by atoms with Crippen molar-refractivity contribution < 1.29 is 38.0 Å². The first-order chi connectivity index (χ1) is 30.1. The predicted molar refractivity (Wildman–Crippen MR) is 256 cm³/mol. The maximum atomic E-state index is 12.9. The van der Waals surface area contributed by atoms with Crippen LogP contribution in [0.15, 0.2) is 0 Å². The summed E-state index contributed by atoms with van der Waals surface area (Å²) in [7, 11) is 0. The summed E-state index contributed by atoms with van der Waals surface area (Å²) in [6.45, 7) is 17.2. The molecule has 0 saturated carbocycles. The van der Waals surface area contributed by atoms with Crippen molar-refractivity contribution in [2.45, 2.75) is 246 Å². The molecule has 61 heavy (non-hydrogen) atoms. The zero-order chi connectivity index (χ0) is 44.4. The molecule has 0 unspecified atom stereocenters. The lowest BCUT2D eigenvalue weighted by Gasteiger charge is -2.22. The molecule has 0 heterocycles. The van der Waals surface area contributed by atoms with E-state index in [2.05, 4.69) is 25.7 Å². The number of esters is 2. The number of ether oxygens (including phenoxy) is 6. The molecule has 0 aromatic rings. The Morgan fingerprint density at radius 1 is 0.361 bits per heavy atom. The quantitative estimate of drug-likeness (QED) is 0.0437. The molecule has 364 valence electrons. The second kappa shape index (κ2) is 51.4. The topological polar surface area (TPSA) is 92.8 Å². The zero-order valence-corrected chi connectivity index (χ0v) is 41.1. The van der Waals surface area contributed by atoms with Crippen LogP contribution in [-0.2, 0) is 38.0 Å². The van der Waals surface area contributed by atoms with E-state index in [1.165, 1.54) is 122 Å². The summed E-state index contributed by atoms with van der Waals surface area (Å²) in [4.78, 5) is 27.7. The number of rotatable bonds is 52. The van der Waals surface area contributed by atoms with Crippen LogP contribution in [0.2, 0.25) is 0 Å². The molecule has 0 aromatic carbocycles. The van der Waals surface area contributed by atoms with E-state index in [0.29, 0.717) is 72.3 Å². The lowest BCUT2D eigenvalue weighted by atomic mass is 10.0. The fourth-order valence-corrected chi connectivity index (χ4v) is 7.73. The van der Waals surface area contributed by atoms with Gasteiger partial charge in [0, 0.05) is 26.0 Å². The lowest BCUT2D eigenvalue weighted by Crippen LogP contribution is -2.30. The fourth-order valence-electron chi connectivity index (χ4n) is 7.73. The number of hydrogen-bond acceptors (Lipinski definition) is 9. The zero-order valence-electron chi connectivity index (χ0n) is 41.1. The average molecular weight is 870 g/mol. The van der Waals surface area contributed by atoms with Crippen LogP contribution in [0.4, 0.5) is 0 Å². The molecular formula is C52H103NO8. The van der Waals surface area contributed by atoms with Crippen LogP contribution in [0.1, 0.15) is 240 Å². The van der Waals surface area contributed by atoms with Crippen molar-refractivity contribution >= 4 is 11.9 Å². The summed E-state index contributed by atoms with van der Waals surface area (Å²) in [5, 5.41) is 0. The molecule has 9 nitrogen and oxygen atoms in total. The molecule has 0 N–H and O–H groups in total. The molecule has 0 spiro atoms. The Labute approximate surface area is 378 Å². The van der Waals surface area contributed by atoms with E-state index < -0.39 is 0 Å². The monoisotopic (exact) mass is 870 g/mol. The van der Waals surface area contributed by atoms with E-state index in [9.17, 15) is 9.59 Å². The molecular weight excluding hydrogens is 767 g/mol. The summed E-state index contributed by atoms with van der Waals surface area (Å²) in [6.07, 6.45) is 38.4. The highest BCUT2D eigenvalue weighted by atomic mass is 16.6. The van der Waals surface area contributed by atoms with Gasteiger partial charge in [0.25, 0.3) is 0 Å². The van der Waals surface area contributed by atoms with E-state index in [1.54, 1.807) is 0 Å². The first-order valence-electron chi connectivity index (χ1n) is 26.5. The van der Waals surface area contributed by atoms with Crippen LogP contribution < -0.4 is 0 Å². The normalized spacial score (nSPS) is 11.6. The average Bonchev–Trinajstić information content (AvgIpc) is 3.26. The minimum absolute atomic E-state index is 0.0106. The van der Waals surface area contributed by atoms with Crippen LogP contribution in [0.5, 0.6) is 0 Å². The Bertz CT molecular complexity index is 860. The van der Waals surface area contributed by atoms with Gasteiger partial charge >= 0.3 is 11.9 Å². The minimum atomic E-state index is -0.0430. The molecule has 0 aliphatic rings. The Hall–Kier alpha value is -1.26. The van der Waals surface area contributed by atoms with E-state index in [-0.39, 0.29) is 18.0 Å². The second-order valence-corrected chi connectivity index (χ2v) is 17.5. The van der Waals surface area contributed by atoms with Gasteiger partial charge in [-0.05, 0) is 77.8 Å². The Morgan fingerprint density at radius 3 is 1.23 bits per heavy atom. The van der Waals surface area contributed by atoms with Crippen molar-refractivity contribution in [1.82, 2.24) is 4.90 Å². The summed E-state index contributed by atoms with van der Waals surface area (Å²) in [5.41, 5.74) is 0. The van der Waals surface area contributed by atoms with Gasteiger partial charge in [-0.25, -0.2) is 0 Å². The van der Waals surface area contributed by atoms with Crippen molar-refractivity contribution in [2.75, 3.05) is 79.1 Å². The van der Waals surface area contributed by atoms with Crippen molar-refractivity contribution in [2.24, 2.45) is 0 Å². The SMILES string of the molecule is CCCCCCCCCCCOC(=O)CCCCCN(CCCCCCCC(=O)OC(CCCCCCCC)CCCCCCCC)CCOCCOCCOCCOCC. The van der Waals surface area contributed by atoms with Crippen LogP contribution in [0.3, 0.4) is 0 Å². The van der Waals surface area contributed by atoms with E-state index >= 15 is 0 Å². The maximum absolute atomic E-state index is 12.9. The van der Waals surface area contributed by atoms with Crippen molar-refractivity contribution in [1.29, 1.82) is 0 Å². The summed E-state index contributed by atoms with van der Waals surface area (Å²) >= 11 is 0. The van der Waals surface area contributed by atoms with Crippen LogP contribution in [-0.4, -0.2) is 102 Å². The van der Waals surface area contributed by atoms with Crippen LogP contribution in [0, 0.1) is 0 Å². The lowest BCUT2D eigenvalue weighted by molar-refractivity contribution is -0.150. The number of hydrogen-bond donors (Lipinski definition) is 0. The van der Waals surface area contributed by atoms with Gasteiger partial charge < -0.3 is 33.3 Å². The minimum Gasteiger partial charge on any atom is -0.466 e.